The van der Waals surface area contributed by atoms with Gasteiger partial charge in [0.05, 0.1) is 18.6 Å². The zero-order chi connectivity index (χ0) is 25.4. The average Bonchev–Trinajstić information content (AvgIpc) is 3.27. The number of hydrogen-bond donors (Lipinski definition) is 5. The van der Waals surface area contributed by atoms with Gasteiger partial charge in [-0.15, -0.1) is 0 Å². The molecule has 0 bridgehead atoms. The molecular formula is C24H42N10S. The minimum absolute atomic E-state index is 0.541. The van der Waals surface area contributed by atoms with Gasteiger partial charge in [-0.05, 0) is 19.8 Å². The molecule has 0 saturated heterocycles. The van der Waals surface area contributed by atoms with Crippen molar-refractivity contribution in [3.05, 3.63) is 17.7 Å². The molecule has 1 rings (SSSR count). The Kier molecular flexibility index (Phi) is 18.6. The number of thioether (sulfide) groups is 1. The van der Waals surface area contributed by atoms with E-state index in [1.165, 1.54) is 51.4 Å². The van der Waals surface area contributed by atoms with Gasteiger partial charge in [-0.1, -0.05) is 51.4 Å². The molecule has 0 aliphatic heterocycles. The topological polar surface area (TPSA) is 149 Å². The van der Waals surface area contributed by atoms with Crippen molar-refractivity contribution in [3.63, 3.8) is 0 Å². The SMILES string of the molecule is C/N=C(/NC#N)NCCCCCCCCCCCCN/C(=N\CCSCc1nc[nH]c1C)NC#N. The normalized spacial score (nSPS) is 11.5. The summed E-state index contributed by atoms with van der Waals surface area (Å²) in [5.74, 6) is 2.86. The lowest BCUT2D eigenvalue weighted by Crippen LogP contribution is -2.35. The minimum Gasteiger partial charge on any atom is -0.356 e. The second-order valence-corrected chi connectivity index (χ2v) is 9.30. The second kappa shape index (κ2) is 21.6. The zero-order valence-electron chi connectivity index (χ0n) is 21.3. The number of H-pyrrole nitrogens is 1. The summed E-state index contributed by atoms with van der Waals surface area (Å²) in [7, 11) is 1.66. The van der Waals surface area contributed by atoms with Crippen LogP contribution in [0.2, 0.25) is 0 Å². The third-order valence-corrected chi connectivity index (χ3v) is 6.39. The summed E-state index contributed by atoms with van der Waals surface area (Å²) in [6.45, 7) is 4.36. The van der Waals surface area contributed by atoms with E-state index in [1.54, 1.807) is 25.1 Å². The summed E-state index contributed by atoms with van der Waals surface area (Å²) < 4.78 is 0. The molecule has 0 atom stereocenters. The molecule has 1 aromatic heterocycles. The Morgan fingerprint density at radius 1 is 0.914 bits per heavy atom. The van der Waals surface area contributed by atoms with Gasteiger partial charge >= 0.3 is 0 Å². The van der Waals surface area contributed by atoms with Crippen molar-refractivity contribution in [2.45, 2.75) is 76.9 Å². The van der Waals surface area contributed by atoms with Gasteiger partial charge < -0.3 is 15.6 Å². The lowest BCUT2D eigenvalue weighted by Gasteiger charge is -2.08. The molecule has 1 aromatic rings. The number of nitriles is 2. The average molecular weight is 503 g/mol. The van der Waals surface area contributed by atoms with E-state index in [1.807, 2.05) is 19.3 Å². The van der Waals surface area contributed by atoms with Crippen molar-refractivity contribution < 1.29 is 0 Å². The number of guanidine groups is 2. The Hall–Kier alpha value is -2.92. The van der Waals surface area contributed by atoms with Gasteiger partial charge in [-0.25, -0.2) is 4.98 Å². The van der Waals surface area contributed by atoms with Gasteiger partial charge in [-0.3, -0.25) is 20.6 Å². The fourth-order valence-electron chi connectivity index (χ4n) is 3.43. The van der Waals surface area contributed by atoms with E-state index in [2.05, 4.69) is 41.2 Å². The number of aliphatic imine (C=N–C) groups is 2. The molecule has 0 radical (unpaired) electrons. The van der Waals surface area contributed by atoms with E-state index in [-0.39, 0.29) is 0 Å². The van der Waals surface area contributed by atoms with E-state index in [4.69, 9.17) is 10.5 Å². The van der Waals surface area contributed by atoms with Crippen LogP contribution >= 0.6 is 11.8 Å². The molecule has 194 valence electrons. The first kappa shape index (κ1) is 30.1. The summed E-state index contributed by atoms with van der Waals surface area (Å²) >= 11 is 1.79. The highest BCUT2D eigenvalue weighted by Gasteiger charge is 2.01. The summed E-state index contributed by atoms with van der Waals surface area (Å²) in [4.78, 5) is 15.8. The molecule has 5 N–H and O–H groups in total. The molecule has 0 unspecified atom stereocenters. The van der Waals surface area contributed by atoms with Crippen LogP contribution in [0.3, 0.4) is 0 Å². The van der Waals surface area contributed by atoms with Gasteiger partial charge in [0.25, 0.3) is 0 Å². The lowest BCUT2D eigenvalue weighted by atomic mass is 10.1. The van der Waals surface area contributed by atoms with Gasteiger partial charge in [-0.2, -0.15) is 22.3 Å². The number of rotatable bonds is 18. The van der Waals surface area contributed by atoms with Gasteiger partial charge in [0.2, 0.25) is 11.9 Å². The monoisotopic (exact) mass is 502 g/mol. The Balaban J connectivity index is 1.93. The van der Waals surface area contributed by atoms with Crippen LogP contribution in [-0.2, 0) is 5.75 Å². The first-order valence-electron chi connectivity index (χ1n) is 12.6. The molecule has 0 spiro atoms. The maximum absolute atomic E-state index is 8.93. The third kappa shape index (κ3) is 16.4. The maximum atomic E-state index is 8.93. The van der Waals surface area contributed by atoms with E-state index in [9.17, 15) is 0 Å². The Labute approximate surface area is 214 Å². The van der Waals surface area contributed by atoms with Crippen molar-refractivity contribution in [2.24, 2.45) is 9.98 Å². The second-order valence-electron chi connectivity index (χ2n) is 8.19. The van der Waals surface area contributed by atoms with Gasteiger partial charge in [0.15, 0.2) is 12.4 Å². The van der Waals surface area contributed by atoms with Crippen molar-refractivity contribution in [2.75, 3.05) is 32.4 Å². The summed E-state index contributed by atoms with van der Waals surface area (Å²) in [6.07, 6.45) is 17.8. The molecule has 0 fully saturated rings. The number of aryl methyl sites for hydroxylation is 1. The van der Waals surface area contributed by atoms with E-state index in [0.29, 0.717) is 18.5 Å². The quantitative estimate of drug-likeness (QED) is 0.0673. The highest BCUT2D eigenvalue weighted by molar-refractivity contribution is 7.98. The molecule has 10 nitrogen and oxygen atoms in total. The van der Waals surface area contributed by atoms with Crippen molar-refractivity contribution in [3.8, 4) is 12.4 Å². The molecule has 0 saturated carbocycles. The molecule has 0 amide bonds. The van der Waals surface area contributed by atoms with Crippen LogP contribution in [0.5, 0.6) is 0 Å². The number of nitrogens with zero attached hydrogens (tertiary/aromatic N) is 5. The van der Waals surface area contributed by atoms with Crippen LogP contribution < -0.4 is 21.3 Å². The number of imidazole rings is 1. The Morgan fingerprint density at radius 3 is 1.97 bits per heavy atom. The Morgan fingerprint density at radius 2 is 1.46 bits per heavy atom. The molecular weight excluding hydrogens is 460 g/mol. The molecule has 11 heteroatoms. The highest BCUT2D eigenvalue weighted by atomic mass is 32.2. The van der Waals surface area contributed by atoms with Crippen molar-refractivity contribution in [1.29, 1.82) is 10.5 Å². The van der Waals surface area contributed by atoms with E-state index < -0.39 is 0 Å². The number of aromatic nitrogens is 2. The van der Waals surface area contributed by atoms with Crippen LogP contribution in [0.4, 0.5) is 0 Å². The molecule has 0 aliphatic rings. The fraction of sp³-hybridized carbons (Fsp3) is 0.708. The summed E-state index contributed by atoms with van der Waals surface area (Å²) in [5, 5.41) is 29.0. The maximum Gasteiger partial charge on any atom is 0.204 e. The molecule has 0 aromatic carbocycles. The molecule has 35 heavy (non-hydrogen) atoms. The third-order valence-electron chi connectivity index (χ3n) is 5.44. The number of nitrogens with one attached hydrogen (secondary N) is 5. The van der Waals surface area contributed by atoms with Crippen LogP contribution in [0.1, 0.15) is 75.6 Å². The predicted octanol–water partition coefficient (Wildman–Crippen LogP) is 3.51. The first-order valence-corrected chi connectivity index (χ1v) is 13.7. The van der Waals surface area contributed by atoms with E-state index in [0.717, 1.165) is 48.8 Å². The molecule has 0 aliphatic carbocycles. The van der Waals surface area contributed by atoms with Crippen molar-refractivity contribution >= 4 is 23.7 Å². The van der Waals surface area contributed by atoms with Crippen LogP contribution in [-0.4, -0.2) is 54.3 Å². The highest BCUT2D eigenvalue weighted by Crippen LogP contribution is 2.12. The standard InChI is InChI=1S/C24H42N10S/c1-21-22(34-20-33-21)17-35-16-15-30-24(32-19-26)29-14-12-10-8-6-4-3-5-7-9-11-13-28-23(27-2)31-18-25/h20H,3-17H2,1-2H3,(H,33,34)(H2,27,28,31)(H2,29,30,32). The van der Waals surface area contributed by atoms with Crippen LogP contribution in [0, 0.1) is 29.8 Å². The fourth-order valence-corrected chi connectivity index (χ4v) is 4.28. The number of aromatic amines is 1. The Bertz CT molecular complexity index is 806. The zero-order valence-corrected chi connectivity index (χ0v) is 22.1. The summed E-state index contributed by atoms with van der Waals surface area (Å²) in [5.41, 5.74) is 2.20. The molecule has 1 heterocycles. The first-order chi connectivity index (χ1) is 17.2. The lowest BCUT2D eigenvalue weighted by molar-refractivity contribution is 0.548. The smallest absolute Gasteiger partial charge is 0.204 e. The van der Waals surface area contributed by atoms with Crippen LogP contribution in [0.15, 0.2) is 16.3 Å². The van der Waals surface area contributed by atoms with Crippen molar-refractivity contribution in [1.82, 2.24) is 31.2 Å². The van der Waals surface area contributed by atoms with Gasteiger partial charge in [0.1, 0.15) is 0 Å². The van der Waals surface area contributed by atoms with Crippen LogP contribution in [0.25, 0.3) is 0 Å². The summed E-state index contributed by atoms with van der Waals surface area (Å²) in [6, 6.07) is 0. The predicted molar refractivity (Wildman–Crippen MR) is 145 cm³/mol. The van der Waals surface area contributed by atoms with E-state index >= 15 is 0 Å². The number of hydrogen-bond acceptors (Lipinski definition) is 6. The van der Waals surface area contributed by atoms with Gasteiger partial charge in [0, 0.05) is 37.3 Å². The largest absolute Gasteiger partial charge is 0.356 e. The number of unbranched alkanes of at least 4 members (excludes halogenated alkanes) is 9. The minimum atomic E-state index is 0.541.